The average molecular weight is 475 g/mol. The van der Waals surface area contributed by atoms with Gasteiger partial charge in [-0.15, -0.1) is 0 Å². The number of hydrogen-bond donors (Lipinski definition) is 2. The Hall–Kier alpha value is -3.84. The number of alkyl carbamates (subject to hydrolysis) is 1. The van der Waals surface area contributed by atoms with Crippen molar-refractivity contribution >= 4 is 12.0 Å². The van der Waals surface area contributed by atoms with Crippen LogP contribution in [0.4, 0.5) is 4.79 Å². The highest BCUT2D eigenvalue weighted by Gasteiger charge is 2.31. The largest absolute Gasteiger partial charge is 0.508 e. The number of benzene rings is 3. The van der Waals surface area contributed by atoms with E-state index in [4.69, 9.17) is 9.57 Å². The van der Waals surface area contributed by atoms with Gasteiger partial charge in [0.15, 0.2) is 0 Å². The second kappa shape index (κ2) is 10.2. The van der Waals surface area contributed by atoms with E-state index in [9.17, 15) is 14.7 Å². The molecule has 3 aromatic rings. The van der Waals surface area contributed by atoms with Crippen LogP contribution in [-0.2, 0) is 20.8 Å². The third kappa shape index (κ3) is 5.00. The van der Waals surface area contributed by atoms with Crippen molar-refractivity contribution in [3.63, 3.8) is 0 Å². The van der Waals surface area contributed by atoms with E-state index in [1.165, 1.54) is 14.2 Å². The van der Waals surface area contributed by atoms with Crippen molar-refractivity contribution in [3.05, 3.63) is 88.5 Å². The van der Waals surface area contributed by atoms with Crippen LogP contribution in [0.5, 0.6) is 5.75 Å². The molecular weight excluding hydrogens is 444 g/mol. The quantitative estimate of drug-likeness (QED) is 0.493. The first-order valence-electron chi connectivity index (χ1n) is 11.5. The van der Waals surface area contributed by atoms with Crippen molar-refractivity contribution in [1.82, 2.24) is 10.4 Å². The number of rotatable bonds is 7. The summed E-state index contributed by atoms with van der Waals surface area (Å²) < 4.78 is 5.65. The lowest BCUT2D eigenvalue weighted by molar-refractivity contribution is -0.170. The zero-order valence-corrected chi connectivity index (χ0v) is 20.4. The Morgan fingerprint density at radius 2 is 1.54 bits per heavy atom. The maximum atomic E-state index is 13.0. The van der Waals surface area contributed by atoms with Gasteiger partial charge in [-0.25, -0.2) is 9.86 Å². The SMILES string of the molecule is CON(C)C(=O)[C@@H](Cc1c(C)cc(O)cc1C)NC(=O)OCC1c2ccccc2-c2ccccc21. The van der Waals surface area contributed by atoms with Gasteiger partial charge >= 0.3 is 6.09 Å². The molecule has 1 aliphatic carbocycles. The lowest BCUT2D eigenvalue weighted by Crippen LogP contribution is -2.48. The minimum Gasteiger partial charge on any atom is -0.508 e. The van der Waals surface area contributed by atoms with Gasteiger partial charge in [-0.05, 0) is 64.9 Å². The van der Waals surface area contributed by atoms with Gasteiger partial charge in [-0.3, -0.25) is 9.63 Å². The lowest BCUT2D eigenvalue weighted by Gasteiger charge is -2.24. The Labute approximate surface area is 205 Å². The molecule has 0 aliphatic heterocycles. The number of nitrogens with one attached hydrogen (secondary N) is 1. The second-order valence-electron chi connectivity index (χ2n) is 8.80. The molecule has 7 nitrogen and oxygen atoms in total. The molecule has 0 spiro atoms. The second-order valence-corrected chi connectivity index (χ2v) is 8.80. The molecule has 2 amide bonds. The number of hydrogen-bond acceptors (Lipinski definition) is 5. The molecule has 182 valence electrons. The fourth-order valence-electron chi connectivity index (χ4n) is 4.79. The minimum absolute atomic E-state index is 0.0782. The Bertz CT molecular complexity index is 1190. The molecule has 35 heavy (non-hydrogen) atoms. The van der Waals surface area contributed by atoms with E-state index in [1.807, 2.05) is 38.1 Å². The van der Waals surface area contributed by atoms with E-state index in [2.05, 4.69) is 29.6 Å². The molecule has 1 atom stereocenters. The number of phenols is 1. The number of amides is 2. The monoisotopic (exact) mass is 474 g/mol. The van der Waals surface area contributed by atoms with E-state index in [-0.39, 0.29) is 24.7 Å². The molecule has 7 heteroatoms. The summed E-state index contributed by atoms with van der Waals surface area (Å²) in [6.07, 6.45) is -0.446. The predicted octanol–water partition coefficient (Wildman–Crippen LogP) is 4.48. The number of likely N-dealkylation sites (N-methyl/N-ethyl adjacent to an activating group) is 1. The number of carbonyl (C=O) groups excluding carboxylic acids is 2. The molecule has 4 rings (SSSR count). The van der Waals surface area contributed by atoms with Crippen LogP contribution in [0.2, 0.25) is 0 Å². The van der Waals surface area contributed by atoms with E-state index >= 15 is 0 Å². The zero-order valence-electron chi connectivity index (χ0n) is 20.4. The molecule has 0 saturated carbocycles. The van der Waals surface area contributed by atoms with Gasteiger partial charge in [0.25, 0.3) is 5.91 Å². The molecule has 0 unspecified atom stereocenters. The third-order valence-corrected chi connectivity index (χ3v) is 6.61. The number of aromatic hydroxyl groups is 1. The normalized spacial score (nSPS) is 13.0. The van der Waals surface area contributed by atoms with E-state index in [0.717, 1.165) is 44.0 Å². The Morgan fingerprint density at radius 3 is 2.09 bits per heavy atom. The fourth-order valence-corrected chi connectivity index (χ4v) is 4.79. The molecule has 0 bridgehead atoms. The van der Waals surface area contributed by atoms with Gasteiger partial charge in [-0.1, -0.05) is 48.5 Å². The Morgan fingerprint density at radius 1 is 1.00 bits per heavy atom. The molecule has 0 fully saturated rings. The number of hydroxylamine groups is 2. The highest BCUT2D eigenvalue weighted by molar-refractivity contribution is 5.85. The maximum absolute atomic E-state index is 13.0. The first kappa shape index (κ1) is 24.3. The number of carbonyl (C=O) groups is 2. The molecule has 1 aliphatic rings. The highest BCUT2D eigenvalue weighted by atomic mass is 16.7. The Kier molecular flexibility index (Phi) is 7.07. The first-order chi connectivity index (χ1) is 16.8. The van der Waals surface area contributed by atoms with Gasteiger partial charge in [0, 0.05) is 19.4 Å². The fraction of sp³-hybridized carbons (Fsp3) is 0.286. The van der Waals surface area contributed by atoms with Crippen LogP contribution in [0.25, 0.3) is 11.1 Å². The number of aryl methyl sites for hydroxylation is 2. The third-order valence-electron chi connectivity index (χ3n) is 6.61. The summed E-state index contributed by atoms with van der Waals surface area (Å²) in [6, 6.07) is 18.6. The van der Waals surface area contributed by atoms with Crippen LogP contribution in [0, 0.1) is 13.8 Å². The van der Waals surface area contributed by atoms with Crippen LogP contribution in [0.15, 0.2) is 60.7 Å². The molecular formula is C28H30N2O5. The predicted molar refractivity (Wildman–Crippen MR) is 133 cm³/mol. The van der Waals surface area contributed by atoms with Crippen molar-refractivity contribution in [1.29, 1.82) is 0 Å². The van der Waals surface area contributed by atoms with E-state index in [0.29, 0.717) is 0 Å². The smallest absolute Gasteiger partial charge is 0.407 e. The highest BCUT2D eigenvalue weighted by Crippen LogP contribution is 2.44. The van der Waals surface area contributed by atoms with Gasteiger partial charge in [0.05, 0.1) is 7.11 Å². The van der Waals surface area contributed by atoms with Gasteiger partial charge < -0.3 is 15.2 Å². The summed E-state index contributed by atoms with van der Waals surface area (Å²) in [5.74, 6) is -0.330. The van der Waals surface area contributed by atoms with Crippen LogP contribution < -0.4 is 5.32 Å². The van der Waals surface area contributed by atoms with Gasteiger partial charge in [-0.2, -0.15) is 0 Å². The van der Waals surface area contributed by atoms with Crippen molar-refractivity contribution in [3.8, 4) is 16.9 Å². The lowest BCUT2D eigenvalue weighted by atomic mass is 9.95. The van der Waals surface area contributed by atoms with Crippen LogP contribution >= 0.6 is 0 Å². The van der Waals surface area contributed by atoms with Gasteiger partial charge in [0.2, 0.25) is 0 Å². The number of phenolic OH excluding ortho intramolecular Hbond substituents is 1. The molecule has 0 heterocycles. The Balaban J connectivity index is 1.50. The maximum Gasteiger partial charge on any atom is 0.407 e. The number of fused-ring (bicyclic) bond motifs is 3. The molecule has 0 aromatic heterocycles. The topological polar surface area (TPSA) is 88.1 Å². The van der Waals surface area contributed by atoms with Crippen molar-refractivity contribution in [2.24, 2.45) is 0 Å². The van der Waals surface area contributed by atoms with Crippen LogP contribution in [0.3, 0.4) is 0 Å². The van der Waals surface area contributed by atoms with Crippen LogP contribution in [-0.4, -0.2) is 49.0 Å². The molecule has 0 saturated heterocycles. The van der Waals surface area contributed by atoms with Crippen molar-refractivity contribution in [2.75, 3.05) is 20.8 Å². The first-order valence-corrected chi connectivity index (χ1v) is 11.5. The average Bonchev–Trinajstić information content (AvgIpc) is 3.17. The zero-order chi connectivity index (χ0) is 25.1. The summed E-state index contributed by atoms with van der Waals surface area (Å²) in [4.78, 5) is 30.9. The van der Waals surface area contributed by atoms with E-state index in [1.54, 1.807) is 12.1 Å². The number of nitrogens with zero attached hydrogens (tertiary/aromatic N) is 1. The molecule has 2 N–H and O–H groups in total. The molecule has 3 aromatic carbocycles. The molecule has 0 radical (unpaired) electrons. The summed E-state index contributed by atoms with van der Waals surface area (Å²) in [6.45, 7) is 3.87. The minimum atomic E-state index is -0.905. The van der Waals surface area contributed by atoms with E-state index < -0.39 is 18.0 Å². The number of ether oxygens (including phenoxy) is 1. The van der Waals surface area contributed by atoms with Gasteiger partial charge in [0.1, 0.15) is 18.4 Å². The van der Waals surface area contributed by atoms with Crippen molar-refractivity contribution in [2.45, 2.75) is 32.2 Å². The summed E-state index contributed by atoms with van der Waals surface area (Å²) in [5.41, 5.74) is 7.04. The summed E-state index contributed by atoms with van der Waals surface area (Å²) in [7, 11) is 2.88. The summed E-state index contributed by atoms with van der Waals surface area (Å²) >= 11 is 0. The summed E-state index contributed by atoms with van der Waals surface area (Å²) in [5, 5.41) is 13.7. The standard InChI is InChI=1S/C28H30N2O5/c1-17-13-19(31)14-18(2)24(17)15-26(27(32)30(3)34-4)29-28(33)35-16-25-22-11-7-5-9-20(22)21-10-6-8-12-23(21)25/h5-14,25-26,31H,15-16H2,1-4H3,(H,29,33)/t26-/m1/s1. The van der Waals surface area contributed by atoms with Crippen LogP contribution in [0.1, 0.15) is 33.7 Å². The van der Waals surface area contributed by atoms with Crippen molar-refractivity contribution < 1.29 is 24.3 Å².